The number of rotatable bonds is 12. The standard InChI is InChI=1S/C27H43N3O4S/c1-7-14-28(15-8-2)23(32)20-19-12-13-27(35-19)21(20)24(33)29(17-10-11-18-31)22(27)25(34)30(16-9-3)26(4,5)6/h7,9,19-22,31H,1,3,8,10-18H2,2,4-6H3/t19-,20+,21-,22?,27?/m0/s1. The summed E-state index contributed by atoms with van der Waals surface area (Å²) in [4.78, 5) is 47.4. The lowest BCUT2D eigenvalue weighted by Crippen LogP contribution is -2.58. The van der Waals surface area contributed by atoms with Gasteiger partial charge in [-0.2, -0.15) is 0 Å². The molecule has 3 rings (SSSR count). The van der Waals surface area contributed by atoms with Gasteiger partial charge in [-0.3, -0.25) is 14.4 Å². The van der Waals surface area contributed by atoms with Crippen molar-refractivity contribution in [1.29, 1.82) is 0 Å². The van der Waals surface area contributed by atoms with Crippen molar-refractivity contribution in [2.45, 2.75) is 81.4 Å². The lowest BCUT2D eigenvalue weighted by molar-refractivity contribution is -0.146. The van der Waals surface area contributed by atoms with Crippen molar-refractivity contribution in [3.8, 4) is 0 Å². The first-order valence-electron chi connectivity index (χ1n) is 13.0. The molecule has 3 amide bonds. The molecular weight excluding hydrogens is 462 g/mol. The van der Waals surface area contributed by atoms with Crippen molar-refractivity contribution in [2.24, 2.45) is 11.8 Å². The molecule has 8 heteroatoms. The number of fused-ring (bicyclic) bond motifs is 1. The molecule has 2 unspecified atom stereocenters. The lowest BCUT2D eigenvalue weighted by Gasteiger charge is -2.42. The molecule has 7 nitrogen and oxygen atoms in total. The van der Waals surface area contributed by atoms with Crippen LogP contribution in [0.25, 0.3) is 0 Å². The highest BCUT2D eigenvalue weighted by Crippen LogP contribution is 2.66. The first kappa shape index (κ1) is 27.8. The molecule has 3 aliphatic heterocycles. The van der Waals surface area contributed by atoms with Gasteiger partial charge in [0.2, 0.25) is 17.7 Å². The maximum Gasteiger partial charge on any atom is 0.247 e. The van der Waals surface area contributed by atoms with E-state index in [0.717, 1.165) is 19.3 Å². The predicted octanol–water partition coefficient (Wildman–Crippen LogP) is 3.09. The summed E-state index contributed by atoms with van der Waals surface area (Å²) in [5, 5.41) is 9.39. The number of amides is 3. The number of hydrogen-bond donors (Lipinski definition) is 1. The maximum absolute atomic E-state index is 14.2. The maximum atomic E-state index is 14.2. The van der Waals surface area contributed by atoms with Gasteiger partial charge in [0.15, 0.2) is 0 Å². The molecule has 0 aliphatic carbocycles. The van der Waals surface area contributed by atoms with Crippen LogP contribution in [0.3, 0.4) is 0 Å². The van der Waals surface area contributed by atoms with Crippen LogP contribution in [-0.2, 0) is 14.4 Å². The fraction of sp³-hybridized carbons (Fsp3) is 0.741. The van der Waals surface area contributed by atoms with Gasteiger partial charge in [-0.05, 0) is 52.9 Å². The summed E-state index contributed by atoms with van der Waals surface area (Å²) in [7, 11) is 0. The van der Waals surface area contributed by atoms with Crippen LogP contribution in [0.1, 0.15) is 59.8 Å². The Hall–Kier alpha value is -1.80. The minimum absolute atomic E-state index is 0.0198. The van der Waals surface area contributed by atoms with E-state index >= 15 is 0 Å². The van der Waals surface area contributed by atoms with Gasteiger partial charge < -0.3 is 19.8 Å². The molecule has 0 aromatic rings. The highest BCUT2D eigenvalue weighted by molar-refractivity contribution is 8.02. The Bertz CT molecular complexity index is 841. The normalized spacial score (nSPS) is 29.3. The molecule has 0 radical (unpaired) electrons. The fourth-order valence-electron chi connectivity index (χ4n) is 6.25. The second-order valence-corrected chi connectivity index (χ2v) is 12.6. The van der Waals surface area contributed by atoms with Crippen molar-refractivity contribution in [3.05, 3.63) is 25.3 Å². The molecule has 196 valence electrons. The summed E-state index contributed by atoms with van der Waals surface area (Å²) in [6.07, 6.45) is 7.10. The van der Waals surface area contributed by atoms with Gasteiger partial charge in [-0.1, -0.05) is 19.1 Å². The van der Waals surface area contributed by atoms with E-state index in [1.54, 1.807) is 28.8 Å². The Morgan fingerprint density at radius 3 is 2.46 bits per heavy atom. The van der Waals surface area contributed by atoms with Crippen LogP contribution in [0.4, 0.5) is 0 Å². The molecule has 35 heavy (non-hydrogen) atoms. The zero-order chi connectivity index (χ0) is 26.0. The molecular formula is C27H43N3O4S. The summed E-state index contributed by atoms with van der Waals surface area (Å²) in [5.74, 6) is -1.01. The summed E-state index contributed by atoms with van der Waals surface area (Å²) in [6, 6.07) is -0.607. The number of likely N-dealkylation sites (tertiary alicyclic amines) is 1. The van der Waals surface area contributed by atoms with E-state index in [9.17, 15) is 19.5 Å². The van der Waals surface area contributed by atoms with Crippen LogP contribution in [0, 0.1) is 11.8 Å². The van der Waals surface area contributed by atoms with Gasteiger partial charge in [-0.25, -0.2) is 0 Å². The molecule has 1 spiro atoms. The Labute approximate surface area is 215 Å². The fourth-order valence-corrected chi connectivity index (χ4v) is 8.45. The quantitative estimate of drug-likeness (QED) is 0.326. The van der Waals surface area contributed by atoms with Crippen molar-refractivity contribution in [1.82, 2.24) is 14.7 Å². The number of aliphatic hydroxyl groups excluding tert-OH is 1. The second kappa shape index (κ2) is 11.1. The van der Waals surface area contributed by atoms with E-state index < -0.39 is 28.2 Å². The smallest absolute Gasteiger partial charge is 0.247 e. The van der Waals surface area contributed by atoms with Gasteiger partial charge in [0.1, 0.15) is 6.04 Å². The summed E-state index contributed by atoms with van der Waals surface area (Å²) < 4.78 is -0.588. The monoisotopic (exact) mass is 505 g/mol. The van der Waals surface area contributed by atoms with Crippen molar-refractivity contribution >= 4 is 29.5 Å². The molecule has 1 N–H and O–H groups in total. The summed E-state index contributed by atoms with van der Waals surface area (Å²) >= 11 is 1.71. The predicted molar refractivity (Wildman–Crippen MR) is 141 cm³/mol. The second-order valence-electron chi connectivity index (χ2n) is 11.0. The number of unbranched alkanes of at least 4 members (excludes halogenated alkanes) is 1. The van der Waals surface area contributed by atoms with E-state index in [-0.39, 0.29) is 29.6 Å². The van der Waals surface area contributed by atoms with E-state index in [1.807, 2.05) is 37.5 Å². The first-order chi connectivity index (χ1) is 16.6. The van der Waals surface area contributed by atoms with Crippen LogP contribution in [0.2, 0.25) is 0 Å². The molecule has 0 aromatic heterocycles. The summed E-state index contributed by atoms with van der Waals surface area (Å²) in [5.41, 5.74) is -0.432. The third kappa shape index (κ3) is 4.93. The molecule has 3 aliphatic rings. The Balaban J connectivity index is 2.03. The van der Waals surface area contributed by atoms with Gasteiger partial charge >= 0.3 is 0 Å². The van der Waals surface area contributed by atoms with Gasteiger partial charge in [0, 0.05) is 43.6 Å². The van der Waals surface area contributed by atoms with Gasteiger partial charge in [-0.15, -0.1) is 24.9 Å². The van der Waals surface area contributed by atoms with Gasteiger partial charge in [0.05, 0.1) is 16.6 Å². The van der Waals surface area contributed by atoms with Crippen LogP contribution in [0.15, 0.2) is 25.3 Å². The number of aliphatic hydroxyl groups is 1. The zero-order valence-corrected chi connectivity index (χ0v) is 22.7. The topological polar surface area (TPSA) is 81.2 Å². The Morgan fingerprint density at radius 2 is 1.89 bits per heavy atom. The highest BCUT2D eigenvalue weighted by Gasteiger charge is 2.74. The van der Waals surface area contributed by atoms with E-state index in [0.29, 0.717) is 39.0 Å². The molecule has 3 fully saturated rings. The lowest BCUT2D eigenvalue weighted by atomic mass is 9.70. The number of carbonyl (C=O) groups is 3. The summed E-state index contributed by atoms with van der Waals surface area (Å²) in [6.45, 7) is 17.7. The molecule has 0 aromatic carbocycles. The third-order valence-corrected chi connectivity index (χ3v) is 9.62. The number of nitrogens with zero attached hydrogens (tertiary/aromatic N) is 3. The van der Waals surface area contributed by atoms with Crippen LogP contribution in [0.5, 0.6) is 0 Å². The van der Waals surface area contributed by atoms with Crippen molar-refractivity contribution in [2.75, 3.05) is 32.8 Å². The number of thioether (sulfide) groups is 1. The number of hydrogen-bond acceptors (Lipinski definition) is 5. The number of carbonyl (C=O) groups excluding carboxylic acids is 3. The first-order valence-corrected chi connectivity index (χ1v) is 13.9. The average Bonchev–Trinajstić information content (AvgIpc) is 3.43. The molecule has 3 saturated heterocycles. The molecule has 3 heterocycles. The SMILES string of the molecule is C=CCN(CCC)C(=O)[C@@H]1[C@@H]2CCC3(S2)C(C(=O)N(CC=C)C(C)(C)C)N(CCCCO)C(=O)[C@H]13. The van der Waals surface area contributed by atoms with E-state index in [2.05, 4.69) is 13.2 Å². The highest BCUT2D eigenvalue weighted by atomic mass is 32.2. The largest absolute Gasteiger partial charge is 0.396 e. The zero-order valence-electron chi connectivity index (χ0n) is 21.9. The average molecular weight is 506 g/mol. The van der Waals surface area contributed by atoms with Crippen LogP contribution < -0.4 is 0 Å². The Kier molecular flexibility index (Phi) is 8.79. The van der Waals surface area contributed by atoms with E-state index in [4.69, 9.17) is 0 Å². The van der Waals surface area contributed by atoms with E-state index in [1.165, 1.54) is 0 Å². The molecule has 5 atom stereocenters. The minimum atomic E-state index is -0.607. The molecule has 2 bridgehead atoms. The van der Waals surface area contributed by atoms with Gasteiger partial charge in [0.25, 0.3) is 0 Å². The third-order valence-electron chi connectivity index (χ3n) is 7.67. The van der Waals surface area contributed by atoms with Crippen LogP contribution >= 0.6 is 11.8 Å². The van der Waals surface area contributed by atoms with Crippen molar-refractivity contribution in [3.63, 3.8) is 0 Å². The van der Waals surface area contributed by atoms with Crippen molar-refractivity contribution < 1.29 is 19.5 Å². The minimum Gasteiger partial charge on any atom is -0.396 e. The Morgan fingerprint density at radius 1 is 1.20 bits per heavy atom. The molecule has 0 saturated carbocycles. The van der Waals surface area contributed by atoms with Crippen LogP contribution in [-0.4, -0.2) is 91.9 Å².